The number of amides is 1. The molecule has 0 radical (unpaired) electrons. The molecule has 0 spiro atoms. The van der Waals surface area contributed by atoms with Crippen molar-refractivity contribution in [1.82, 2.24) is 14.9 Å². The van der Waals surface area contributed by atoms with Gasteiger partial charge in [-0.2, -0.15) is 0 Å². The number of nitrogens with zero attached hydrogens (tertiary/aromatic N) is 2. The number of aromatic nitrogens is 2. The highest BCUT2D eigenvalue weighted by Gasteiger charge is 2.38. The third kappa shape index (κ3) is 2.83. The van der Waals surface area contributed by atoms with Gasteiger partial charge in [0.25, 0.3) is 5.91 Å². The molecule has 1 aliphatic rings. The molecular formula is C16H19N3O2. The van der Waals surface area contributed by atoms with Crippen LogP contribution >= 0.6 is 0 Å². The van der Waals surface area contributed by atoms with Crippen molar-refractivity contribution in [2.24, 2.45) is 0 Å². The van der Waals surface area contributed by atoms with Gasteiger partial charge < -0.3 is 15.0 Å². The van der Waals surface area contributed by atoms with Gasteiger partial charge in [-0.05, 0) is 37.3 Å². The Bertz CT molecular complexity index is 616. The highest BCUT2D eigenvalue weighted by molar-refractivity contribution is 5.85. The molecule has 5 heteroatoms. The number of carbonyl (C=O) groups excluding carboxylic acids is 1. The number of hydrogen-bond donors (Lipinski definition) is 2. The van der Waals surface area contributed by atoms with E-state index in [9.17, 15) is 9.90 Å². The van der Waals surface area contributed by atoms with Crippen LogP contribution < -0.4 is 5.32 Å². The van der Waals surface area contributed by atoms with Crippen LogP contribution in [-0.2, 0) is 11.3 Å². The fourth-order valence-electron chi connectivity index (χ4n) is 2.84. The number of hydrogen-bond acceptors (Lipinski definition) is 3. The van der Waals surface area contributed by atoms with Gasteiger partial charge in [0.05, 0.1) is 12.0 Å². The van der Waals surface area contributed by atoms with Gasteiger partial charge in [-0.1, -0.05) is 18.2 Å². The lowest BCUT2D eigenvalue weighted by atomic mass is 10.0. The van der Waals surface area contributed by atoms with Crippen LogP contribution in [0.3, 0.4) is 0 Å². The lowest BCUT2D eigenvalue weighted by Gasteiger charge is -2.21. The van der Waals surface area contributed by atoms with Gasteiger partial charge in [-0.15, -0.1) is 0 Å². The number of carbonyl (C=O) groups is 1. The number of nitrogens with one attached hydrogen (secondary N) is 1. The molecule has 1 heterocycles. The lowest BCUT2D eigenvalue weighted by molar-refractivity contribution is -0.139. The van der Waals surface area contributed by atoms with Gasteiger partial charge in [0, 0.05) is 18.9 Å². The first kappa shape index (κ1) is 13.8. The zero-order chi connectivity index (χ0) is 14.7. The summed E-state index contributed by atoms with van der Waals surface area (Å²) >= 11 is 0. The maximum atomic E-state index is 12.2. The minimum Gasteiger partial charge on any atom is -0.380 e. The first-order valence-electron chi connectivity index (χ1n) is 7.26. The van der Waals surface area contributed by atoms with Crippen molar-refractivity contribution in [2.45, 2.75) is 37.8 Å². The Morgan fingerprint density at radius 3 is 2.81 bits per heavy atom. The Balaban J connectivity index is 1.73. The van der Waals surface area contributed by atoms with E-state index in [1.165, 1.54) is 0 Å². The zero-order valence-electron chi connectivity index (χ0n) is 11.8. The molecule has 1 amide bonds. The van der Waals surface area contributed by atoms with E-state index in [1.807, 2.05) is 35.0 Å². The Kier molecular flexibility index (Phi) is 3.75. The molecule has 0 bridgehead atoms. The summed E-state index contributed by atoms with van der Waals surface area (Å²) < 4.78 is 1.91. The third-order valence-corrected chi connectivity index (χ3v) is 4.07. The summed E-state index contributed by atoms with van der Waals surface area (Å²) in [5.41, 5.74) is 0.795. The number of para-hydroxylation sites is 1. The average molecular weight is 285 g/mol. The number of benzene rings is 1. The van der Waals surface area contributed by atoms with Crippen LogP contribution in [-0.4, -0.2) is 26.2 Å². The van der Waals surface area contributed by atoms with Crippen molar-refractivity contribution in [3.05, 3.63) is 48.5 Å². The predicted octanol–water partition coefficient (Wildman–Crippen LogP) is 1.79. The molecule has 1 aromatic heterocycles. The highest BCUT2D eigenvalue weighted by Crippen LogP contribution is 2.29. The summed E-state index contributed by atoms with van der Waals surface area (Å²) in [4.78, 5) is 16.2. The van der Waals surface area contributed by atoms with E-state index in [4.69, 9.17) is 0 Å². The normalized spacial score (nSPS) is 16.8. The number of aliphatic hydroxyl groups is 1. The summed E-state index contributed by atoms with van der Waals surface area (Å²) in [5, 5.41) is 13.1. The van der Waals surface area contributed by atoms with E-state index in [1.54, 1.807) is 12.5 Å². The van der Waals surface area contributed by atoms with Gasteiger partial charge in [0.2, 0.25) is 0 Å². The van der Waals surface area contributed by atoms with Crippen molar-refractivity contribution in [2.75, 3.05) is 0 Å². The van der Waals surface area contributed by atoms with E-state index in [2.05, 4.69) is 10.3 Å². The molecular weight excluding hydrogens is 266 g/mol. The second kappa shape index (κ2) is 5.69. The van der Waals surface area contributed by atoms with E-state index >= 15 is 0 Å². The highest BCUT2D eigenvalue weighted by atomic mass is 16.3. The monoisotopic (exact) mass is 285 g/mol. The molecule has 1 aromatic carbocycles. The largest absolute Gasteiger partial charge is 0.380 e. The van der Waals surface area contributed by atoms with Crippen molar-refractivity contribution in [3.63, 3.8) is 0 Å². The van der Waals surface area contributed by atoms with Gasteiger partial charge in [-0.25, -0.2) is 4.98 Å². The maximum absolute atomic E-state index is 12.2. The molecule has 21 heavy (non-hydrogen) atoms. The molecule has 3 rings (SSSR count). The predicted molar refractivity (Wildman–Crippen MR) is 78.8 cm³/mol. The molecule has 110 valence electrons. The Morgan fingerprint density at radius 2 is 2.10 bits per heavy atom. The van der Waals surface area contributed by atoms with E-state index in [-0.39, 0.29) is 5.91 Å². The lowest BCUT2D eigenvalue weighted by Crippen LogP contribution is -2.44. The van der Waals surface area contributed by atoms with Gasteiger partial charge >= 0.3 is 0 Å². The second-order valence-corrected chi connectivity index (χ2v) is 5.52. The first-order valence-corrected chi connectivity index (χ1v) is 7.26. The summed E-state index contributed by atoms with van der Waals surface area (Å²) in [7, 11) is 0. The quantitative estimate of drug-likeness (QED) is 0.900. The van der Waals surface area contributed by atoms with Crippen LogP contribution in [0.5, 0.6) is 0 Å². The smallest absolute Gasteiger partial charge is 0.252 e. The SMILES string of the molecule is O=C(NCc1ccccc1-n1ccnc1)C1(O)CCCC1. The van der Waals surface area contributed by atoms with Crippen LogP contribution in [0, 0.1) is 0 Å². The molecule has 0 unspecified atom stereocenters. The van der Waals surface area contributed by atoms with Gasteiger partial charge in [0.15, 0.2) is 0 Å². The van der Waals surface area contributed by atoms with Crippen LogP contribution in [0.15, 0.2) is 43.0 Å². The van der Waals surface area contributed by atoms with Crippen LogP contribution in [0.2, 0.25) is 0 Å². The molecule has 5 nitrogen and oxygen atoms in total. The molecule has 1 aliphatic carbocycles. The van der Waals surface area contributed by atoms with Crippen LogP contribution in [0.4, 0.5) is 0 Å². The second-order valence-electron chi connectivity index (χ2n) is 5.52. The average Bonchev–Trinajstić information content (AvgIpc) is 3.17. The fraction of sp³-hybridized carbons (Fsp3) is 0.375. The standard InChI is InChI=1S/C16H19N3O2/c20-15(16(21)7-3-4-8-16)18-11-13-5-1-2-6-14(13)19-10-9-17-12-19/h1-2,5-6,9-10,12,21H,3-4,7-8,11H2,(H,18,20). The molecule has 2 aromatic rings. The molecule has 0 aliphatic heterocycles. The zero-order valence-corrected chi connectivity index (χ0v) is 11.8. The maximum Gasteiger partial charge on any atom is 0.252 e. The third-order valence-electron chi connectivity index (χ3n) is 4.07. The Morgan fingerprint density at radius 1 is 1.33 bits per heavy atom. The summed E-state index contributed by atoms with van der Waals surface area (Å²) in [6, 6.07) is 7.83. The number of imidazole rings is 1. The minimum absolute atomic E-state index is 0.263. The van der Waals surface area contributed by atoms with Crippen molar-refractivity contribution < 1.29 is 9.90 Å². The molecule has 1 saturated carbocycles. The molecule has 1 fully saturated rings. The Hall–Kier alpha value is -2.14. The first-order chi connectivity index (χ1) is 10.2. The summed E-state index contributed by atoms with van der Waals surface area (Å²) in [6.45, 7) is 0.398. The van der Waals surface area contributed by atoms with E-state index < -0.39 is 5.60 Å². The van der Waals surface area contributed by atoms with Gasteiger partial charge in [0.1, 0.15) is 5.60 Å². The van der Waals surface area contributed by atoms with E-state index in [0.29, 0.717) is 19.4 Å². The van der Waals surface area contributed by atoms with Crippen LogP contribution in [0.25, 0.3) is 5.69 Å². The van der Waals surface area contributed by atoms with Crippen LogP contribution in [0.1, 0.15) is 31.2 Å². The number of rotatable bonds is 4. The van der Waals surface area contributed by atoms with Crippen molar-refractivity contribution in [1.29, 1.82) is 0 Å². The molecule has 0 atom stereocenters. The Labute approximate surface area is 123 Å². The topological polar surface area (TPSA) is 67.2 Å². The molecule has 2 N–H and O–H groups in total. The minimum atomic E-state index is -1.18. The van der Waals surface area contributed by atoms with Crippen molar-refractivity contribution in [3.8, 4) is 5.69 Å². The van der Waals surface area contributed by atoms with Crippen molar-refractivity contribution >= 4 is 5.91 Å². The van der Waals surface area contributed by atoms with Gasteiger partial charge in [-0.3, -0.25) is 4.79 Å². The summed E-state index contributed by atoms with van der Waals surface area (Å²) in [5.74, 6) is -0.263. The fourth-order valence-corrected chi connectivity index (χ4v) is 2.84. The van der Waals surface area contributed by atoms with E-state index in [0.717, 1.165) is 24.1 Å². The molecule has 0 saturated heterocycles. The summed E-state index contributed by atoms with van der Waals surface area (Å²) in [6.07, 6.45) is 8.25.